The van der Waals surface area contributed by atoms with Gasteiger partial charge >= 0.3 is 0 Å². The van der Waals surface area contributed by atoms with E-state index in [2.05, 4.69) is 54.2 Å². The van der Waals surface area contributed by atoms with Gasteiger partial charge in [-0.1, -0.05) is 32.0 Å². The molecule has 0 bridgehead atoms. The Morgan fingerprint density at radius 3 is 2.65 bits per heavy atom. The molecule has 5 heteroatoms. The van der Waals surface area contributed by atoms with Gasteiger partial charge in [0.1, 0.15) is 5.82 Å². The molecular formula is C21H30N4O. The molecule has 0 saturated carbocycles. The number of hydrogen-bond acceptors (Lipinski definition) is 5. The van der Waals surface area contributed by atoms with Crippen molar-refractivity contribution >= 4 is 11.8 Å². The van der Waals surface area contributed by atoms with E-state index >= 15 is 0 Å². The molecule has 1 aliphatic rings. The first-order valence-corrected chi connectivity index (χ1v) is 9.69. The number of aliphatic hydroxyl groups excluding tert-OH is 1. The summed E-state index contributed by atoms with van der Waals surface area (Å²) in [6, 6.07) is 8.78. The monoisotopic (exact) mass is 354 g/mol. The van der Waals surface area contributed by atoms with Gasteiger partial charge < -0.3 is 15.3 Å². The van der Waals surface area contributed by atoms with E-state index in [1.54, 1.807) is 0 Å². The van der Waals surface area contributed by atoms with Gasteiger partial charge in [0.2, 0.25) is 5.95 Å². The van der Waals surface area contributed by atoms with Gasteiger partial charge in [-0.3, -0.25) is 0 Å². The second-order valence-corrected chi connectivity index (χ2v) is 7.22. The molecule has 2 heterocycles. The van der Waals surface area contributed by atoms with E-state index in [1.165, 1.54) is 11.1 Å². The van der Waals surface area contributed by atoms with E-state index in [0.29, 0.717) is 6.04 Å². The summed E-state index contributed by atoms with van der Waals surface area (Å²) in [6.45, 7) is 10.0. The third-order valence-corrected chi connectivity index (χ3v) is 5.16. The van der Waals surface area contributed by atoms with Crippen molar-refractivity contribution in [2.45, 2.75) is 65.6 Å². The van der Waals surface area contributed by atoms with Gasteiger partial charge in [-0.25, -0.2) is 4.98 Å². The molecule has 0 spiro atoms. The number of anilines is 2. The molecule has 0 unspecified atom stereocenters. The molecule has 0 fully saturated rings. The van der Waals surface area contributed by atoms with Crippen LogP contribution in [0.3, 0.4) is 0 Å². The van der Waals surface area contributed by atoms with Crippen LogP contribution in [-0.2, 0) is 19.4 Å². The number of nitrogens with zero attached hydrogens (tertiary/aromatic N) is 3. The van der Waals surface area contributed by atoms with Gasteiger partial charge in [-0.15, -0.1) is 0 Å². The third-order valence-electron chi connectivity index (χ3n) is 5.16. The summed E-state index contributed by atoms with van der Waals surface area (Å²) in [5, 5.41) is 13.2. The first-order chi connectivity index (χ1) is 12.5. The number of benzene rings is 1. The predicted octanol–water partition coefficient (Wildman–Crippen LogP) is 3.87. The largest absolute Gasteiger partial charge is 0.389 e. The molecule has 2 N–H and O–H groups in total. The van der Waals surface area contributed by atoms with Crippen LogP contribution in [0.4, 0.5) is 11.8 Å². The van der Waals surface area contributed by atoms with Crippen molar-refractivity contribution < 1.29 is 5.11 Å². The molecule has 140 valence electrons. The SMILES string of the molecule is CCc1cc(N2CCc3cc([C@H](C)O)ccc3C2)nc(N[C@@H](C)CC)n1. The normalized spacial score (nSPS) is 16.1. The van der Waals surface area contributed by atoms with Crippen LogP contribution in [0.15, 0.2) is 24.3 Å². The van der Waals surface area contributed by atoms with Crippen LogP contribution in [0.2, 0.25) is 0 Å². The molecule has 0 amide bonds. The summed E-state index contributed by atoms with van der Waals surface area (Å²) >= 11 is 0. The van der Waals surface area contributed by atoms with Gasteiger partial charge in [-0.05, 0) is 49.8 Å². The fourth-order valence-corrected chi connectivity index (χ4v) is 3.24. The zero-order valence-corrected chi connectivity index (χ0v) is 16.3. The fraction of sp³-hybridized carbons (Fsp3) is 0.524. The Bertz CT molecular complexity index is 760. The number of hydrogen-bond donors (Lipinski definition) is 2. The molecule has 0 saturated heterocycles. The Morgan fingerprint density at radius 1 is 1.15 bits per heavy atom. The number of fused-ring (bicyclic) bond motifs is 1. The van der Waals surface area contributed by atoms with Gasteiger partial charge in [0.15, 0.2) is 0 Å². The van der Waals surface area contributed by atoms with E-state index in [0.717, 1.165) is 55.4 Å². The van der Waals surface area contributed by atoms with Crippen molar-refractivity contribution in [3.8, 4) is 0 Å². The number of aryl methyl sites for hydroxylation is 1. The third kappa shape index (κ3) is 4.15. The average molecular weight is 354 g/mol. The average Bonchev–Trinajstić information content (AvgIpc) is 2.66. The summed E-state index contributed by atoms with van der Waals surface area (Å²) in [5.41, 5.74) is 4.71. The molecule has 2 atom stereocenters. The van der Waals surface area contributed by atoms with Crippen molar-refractivity contribution in [3.05, 3.63) is 46.6 Å². The number of rotatable bonds is 6. The second-order valence-electron chi connectivity index (χ2n) is 7.22. The Balaban J connectivity index is 1.84. The zero-order valence-electron chi connectivity index (χ0n) is 16.3. The quantitative estimate of drug-likeness (QED) is 0.825. The Kier molecular flexibility index (Phi) is 5.77. The Hall–Kier alpha value is -2.14. The predicted molar refractivity (Wildman–Crippen MR) is 107 cm³/mol. The van der Waals surface area contributed by atoms with Crippen LogP contribution in [0.1, 0.15) is 62.6 Å². The summed E-state index contributed by atoms with van der Waals surface area (Å²) in [5.74, 6) is 1.72. The molecular weight excluding hydrogens is 324 g/mol. The lowest BCUT2D eigenvalue weighted by atomic mass is 9.96. The minimum atomic E-state index is -0.415. The zero-order chi connectivity index (χ0) is 18.7. The Labute approximate surface area is 156 Å². The van der Waals surface area contributed by atoms with Crippen LogP contribution in [0.25, 0.3) is 0 Å². The Morgan fingerprint density at radius 2 is 1.96 bits per heavy atom. The number of aliphatic hydroxyl groups is 1. The van der Waals surface area contributed by atoms with Crippen LogP contribution < -0.4 is 10.2 Å². The van der Waals surface area contributed by atoms with Crippen molar-refractivity contribution in [3.63, 3.8) is 0 Å². The van der Waals surface area contributed by atoms with E-state index < -0.39 is 6.10 Å². The van der Waals surface area contributed by atoms with Crippen LogP contribution in [0.5, 0.6) is 0 Å². The van der Waals surface area contributed by atoms with Crippen molar-refractivity contribution in [2.24, 2.45) is 0 Å². The highest BCUT2D eigenvalue weighted by Crippen LogP contribution is 2.27. The molecule has 2 aromatic rings. The first kappa shape index (κ1) is 18.6. The maximum absolute atomic E-state index is 9.80. The maximum Gasteiger partial charge on any atom is 0.225 e. The van der Waals surface area contributed by atoms with Crippen LogP contribution in [0, 0.1) is 0 Å². The van der Waals surface area contributed by atoms with Crippen molar-refractivity contribution in [1.29, 1.82) is 0 Å². The maximum atomic E-state index is 9.80. The smallest absolute Gasteiger partial charge is 0.225 e. The molecule has 0 aliphatic carbocycles. The van der Waals surface area contributed by atoms with E-state index in [-0.39, 0.29) is 0 Å². The van der Waals surface area contributed by atoms with Crippen molar-refractivity contribution in [1.82, 2.24) is 9.97 Å². The van der Waals surface area contributed by atoms with E-state index in [1.807, 2.05) is 13.0 Å². The summed E-state index contributed by atoms with van der Waals surface area (Å²) in [4.78, 5) is 11.7. The summed E-state index contributed by atoms with van der Waals surface area (Å²) < 4.78 is 0. The number of nitrogens with one attached hydrogen (secondary N) is 1. The minimum absolute atomic E-state index is 0.357. The fourth-order valence-electron chi connectivity index (χ4n) is 3.24. The van der Waals surface area contributed by atoms with Gasteiger partial charge in [0, 0.05) is 30.9 Å². The summed E-state index contributed by atoms with van der Waals surface area (Å²) in [7, 11) is 0. The van der Waals surface area contributed by atoms with Crippen LogP contribution >= 0.6 is 0 Å². The highest BCUT2D eigenvalue weighted by Gasteiger charge is 2.20. The minimum Gasteiger partial charge on any atom is -0.389 e. The van der Waals surface area contributed by atoms with E-state index in [9.17, 15) is 5.11 Å². The standard InChI is InChI=1S/C21H30N4O/c1-5-14(3)22-21-23-19(6-2)12-20(24-21)25-10-9-17-11-16(15(4)26)7-8-18(17)13-25/h7-8,11-12,14-15,26H,5-6,9-10,13H2,1-4H3,(H,22,23,24)/t14-,15-/m0/s1. The number of aromatic nitrogens is 2. The van der Waals surface area contributed by atoms with E-state index in [4.69, 9.17) is 4.98 Å². The highest BCUT2D eigenvalue weighted by atomic mass is 16.3. The molecule has 5 nitrogen and oxygen atoms in total. The van der Waals surface area contributed by atoms with Crippen LogP contribution in [-0.4, -0.2) is 27.7 Å². The molecule has 1 aliphatic heterocycles. The first-order valence-electron chi connectivity index (χ1n) is 9.69. The highest BCUT2D eigenvalue weighted by molar-refractivity contribution is 5.49. The lowest BCUT2D eigenvalue weighted by molar-refractivity contribution is 0.199. The molecule has 0 radical (unpaired) electrons. The molecule has 26 heavy (non-hydrogen) atoms. The lowest BCUT2D eigenvalue weighted by Crippen LogP contribution is -2.31. The van der Waals surface area contributed by atoms with Crippen molar-refractivity contribution in [2.75, 3.05) is 16.8 Å². The molecule has 3 rings (SSSR count). The lowest BCUT2D eigenvalue weighted by Gasteiger charge is -2.31. The van der Waals surface area contributed by atoms with Gasteiger partial charge in [0.05, 0.1) is 6.10 Å². The second kappa shape index (κ2) is 8.04. The molecule has 1 aromatic heterocycles. The van der Waals surface area contributed by atoms with Gasteiger partial charge in [-0.2, -0.15) is 4.98 Å². The topological polar surface area (TPSA) is 61.3 Å². The molecule has 1 aromatic carbocycles. The van der Waals surface area contributed by atoms with Gasteiger partial charge in [0.25, 0.3) is 0 Å². The summed E-state index contributed by atoms with van der Waals surface area (Å²) in [6.07, 6.45) is 2.49.